The summed E-state index contributed by atoms with van der Waals surface area (Å²) in [5, 5.41) is 21.6. The molecular formula is C14H21NO3S. The van der Waals surface area contributed by atoms with E-state index in [2.05, 4.69) is 0 Å². The number of aliphatic hydroxyl groups excluding tert-OH is 2. The van der Waals surface area contributed by atoms with Gasteiger partial charge in [-0.25, -0.2) is 0 Å². The van der Waals surface area contributed by atoms with Crippen LogP contribution in [0, 0.1) is 10.8 Å². The van der Waals surface area contributed by atoms with E-state index in [9.17, 15) is 15.0 Å². The van der Waals surface area contributed by atoms with Gasteiger partial charge in [-0.2, -0.15) is 0 Å². The predicted molar refractivity (Wildman–Crippen MR) is 74.4 cm³/mol. The van der Waals surface area contributed by atoms with Crippen molar-refractivity contribution in [3.05, 3.63) is 21.9 Å². The number of thiophene rings is 1. The molecule has 1 unspecified atom stereocenters. The maximum Gasteiger partial charge on any atom is 0.231 e. The monoisotopic (exact) mass is 283 g/mol. The van der Waals surface area contributed by atoms with Crippen molar-refractivity contribution < 1.29 is 15.0 Å². The maximum absolute atomic E-state index is 12.5. The van der Waals surface area contributed by atoms with Crippen molar-refractivity contribution in [3.8, 4) is 0 Å². The molecule has 2 rings (SSSR count). The van der Waals surface area contributed by atoms with Gasteiger partial charge in [0.25, 0.3) is 0 Å². The van der Waals surface area contributed by atoms with E-state index in [1.54, 1.807) is 0 Å². The first-order valence-corrected chi connectivity index (χ1v) is 7.26. The third-order valence-corrected chi connectivity index (χ3v) is 5.62. The first-order chi connectivity index (χ1) is 8.73. The molecule has 0 bridgehead atoms. The molecule has 1 amide bonds. The lowest BCUT2D eigenvalue weighted by molar-refractivity contribution is -0.139. The average molecular weight is 283 g/mol. The van der Waals surface area contributed by atoms with E-state index in [0.29, 0.717) is 6.54 Å². The third-order valence-electron chi connectivity index (χ3n) is 4.67. The van der Waals surface area contributed by atoms with Gasteiger partial charge in [0.05, 0.1) is 12.0 Å². The summed E-state index contributed by atoms with van der Waals surface area (Å²) in [6, 6.07) is 1.90. The Balaban J connectivity index is 2.30. The lowest BCUT2D eigenvalue weighted by Gasteiger charge is -2.33. The Labute approximate surface area is 117 Å². The molecule has 106 valence electrons. The van der Waals surface area contributed by atoms with Gasteiger partial charge in [0.1, 0.15) is 6.23 Å². The summed E-state index contributed by atoms with van der Waals surface area (Å²) < 4.78 is 0. The number of carbonyl (C=O) groups excluding carboxylic acids is 1. The van der Waals surface area contributed by atoms with Crippen LogP contribution in [0.5, 0.6) is 0 Å². The minimum absolute atomic E-state index is 0.0298. The number of amides is 1. The molecule has 0 aliphatic carbocycles. The molecule has 2 heterocycles. The molecule has 1 aromatic heterocycles. The van der Waals surface area contributed by atoms with Crippen LogP contribution in [0.3, 0.4) is 0 Å². The Kier molecular flexibility index (Phi) is 3.49. The minimum Gasteiger partial charge on any atom is -0.391 e. The number of rotatable bonds is 3. The number of nitrogens with zero attached hydrogens (tertiary/aromatic N) is 1. The number of hydrogen-bond donors (Lipinski definition) is 2. The Morgan fingerprint density at radius 3 is 2.47 bits per heavy atom. The van der Waals surface area contributed by atoms with Gasteiger partial charge in [0, 0.05) is 16.8 Å². The molecule has 1 aromatic rings. The number of likely N-dealkylation sites (tertiary alicyclic amines) is 1. The van der Waals surface area contributed by atoms with Gasteiger partial charge >= 0.3 is 0 Å². The first kappa shape index (κ1) is 14.5. The molecule has 1 fully saturated rings. The highest BCUT2D eigenvalue weighted by Crippen LogP contribution is 2.50. The van der Waals surface area contributed by atoms with Crippen LogP contribution in [-0.4, -0.2) is 27.2 Å². The highest BCUT2D eigenvalue weighted by Gasteiger charge is 2.58. The summed E-state index contributed by atoms with van der Waals surface area (Å²) >= 11 is 1.47. The van der Waals surface area contributed by atoms with Crippen molar-refractivity contribution in [1.29, 1.82) is 0 Å². The standard InChI is InChI=1S/C14H21NO3S/c1-13(2)11(17)15(12(18)14(13,3)4)7-9-5-6-19-10(9)8-16/h5-6,11,16-17H,7-8H2,1-4H3. The van der Waals surface area contributed by atoms with Crippen LogP contribution in [0.4, 0.5) is 0 Å². The van der Waals surface area contributed by atoms with Crippen LogP contribution >= 0.6 is 11.3 Å². The topological polar surface area (TPSA) is 60.8 Å². The SMILES string of the molecule is CC1(C)C(=O)N(Cc2ccsc2CO)C(O)C1(C)C. The van der Waals surface area contributed by atoms with Crippen LogP contribution in [0.1, 0.15) is 38.1 Å². The van der Waals surface area contributed by atoms with Crippen molar-refractivity contribution in [2.75, 3.05) is 0 Å². The van der Waals surface area contributed by atoms with Crippen molar-refractivity contribution in [2.45, 2.75) is 47.1 Å². The summed E-state index contributed by atoms with van der Waals surface area (Å²) in [4.78, 5) is 14.9. The summed E-state index contributed by atoms with van der Waals surface area (Å²) in [6.07, 6.45) is -0.804. The zero-order valence-corrected chi connectivity index (χ0v) is 12.6. The van der Waals surface area contributed by atoms with Crippen LogP contribution in [0.15, 0.2) is 11.4 Å². The molecule has 1 saturated heterocycles. The Morgan fingerprint density at radius 2 is 2.00 bits per heavy atom. The van der Waals surface area contributed by atoms with E-state index in [1.165, 1.54) is 16.2 Å². The lowest BCUT2D eigenvalue weighted by atomic mass is 9.69. The smallest absolute Gasteiger partial charge is 0.231 e. The molecule has 1 atom stereocenters. The van der Waals surface area contributed by atoms with Crippen LogP contribution in [0.2, 0.25) is 0 Å². The highest BCUT2D eigenvalue weighted by atomic mass is 32.1. The van der Waals surface area contributed by atoms with Crippen LogP contribution in [-0.2, 0) is 17.9 Å². The Hall–Kier alpha value is -0.910. The fraction of sp³-hybridized carbons (Fsp3) is 0.643. The van der Waals surface area contributed by atoms with Crippen molar-refractivity contribution in [1.82, 2.24) is 4.90 Å². The van der Waals surface area contributed by atoms with E-state index in [4.69, 9.17) is 0 Å². The lowest BCUT2D eigenvalue weighted by Crippen LogP contribution is -2.38. The predicted octanol–water partition coefficient (Wildman–Crippen LogP) is 1.95. The third kappa shape index (κ3) is 2.00. The molecule has 0 spiro atoms. The molecule has 0 radical (unpaired) electrons. The molecule has 1 aliphatic rings. The molecule has 2 N–H and O–H groups in total. The largest absolute Gasteiger partial charge is 0.391 e. The molecule has 4 nitrogen and oxygen atoms in total. The fourth-order valence-electron chi connectivity index (χ4n) is 2.45. The summed E-state index contributed by atoms with van der Waals surface area (Å²) in [7, 11) is 0. The quantitative estimate of drug-likeness (QED) is 0.891. The van der Waals surface area contributed by atoms with Crippen LogP contribution in [0.25, 0.3) is 0 Å². The van der Waals surface area contributed by atoms with Gasteiger partial charge < -0.3 is 15.1 Å². The van der Waals surface area contributed by atoms with Crippen molar-refractivity contribution in [2.24, 2.45) is 10.8 Å². The zero-order valence-electron chi connectivity index (χ0n) is 11.8. The van der Waals surface area contributed by atoms with Gasteiger partial charge in [-0.1, -0.05) is 27.7 Å². The second kappa shape index (κ2) is 4.58. The molecule has 5 heteroatoms. The van der Waals surface area contributed by atoms with Gasteiger partial charge in [-0.15, -0.1) is 11.3 Å². The summed E-state index contributed by atoms with van der Waals surface area (Å²) in [5.74, 6) is -0.0416. The Bertz CT molecular complexity index is 493. The van der Waals surface area contributed by atoms with Gasteiger partial charge in [-0.3, -0.25) is 4.79 Å². The normalized spacial score (nSPS) is 25.1. The van der Waals surface area contributed by atoms with Gasteiger partial charge in [0.2, 0.25) is 5.91 Å². The maximum atomic E-state index is 12.5. The van der Waals surface area contributed by atoms with Gasteiger partial charge in [-0.05, 0) is 17.0 Å². The summed E-state index contributed by atoms with van der Waals surface area (Å²) in [5.41, 5.74) is -0.185. The van der Waals surface area contributed by atoms with E-state index >= 15 is 0 Å². The zero-order chi connectivity index (χ0) is 14.4. The molecule has 0 aromatic carbocycles. The number of carbonyl (C=O) groups is 1. The number of hydrogen-bond acceptors (Lipinski definition) is 4. The Morgan fingerprint density at radius 1 is 1.37 bits per heavy atom. The molecule has 1 aliphatic heterocycles. The van der Waals surface area contributed by atoms with Crippen molar-refractivity contribution >= 4 is 17.2 Å². The van der Waals surface area contributed by atoms with E-state index in [0.717, 1.165) is 10.4 Å². The fourth-order valence-corrected chi connectivity index (χ4v) is 3.20. The minimum atomic E-state index is -0.804. The second-order valence-electron chi connectivity index (χ2n) is 6.18. The van der Waals surface area contributed by atoms with Crippen LogP contribution < -0.4 is 0 Å². The highest BCUT2D eigenvalue weighted by molar-refractivity contribution is 7.10. The molecular weight excluding hydrogens is 262 g/mol. The molecule has 0 saturated carbocycles. The van der Waals surface area contributed by atoms with E-state index in [1.807, 2.05) is 39.1 Å². The second-order valence-corrected chi connectivity index (χ2v) is 7.18. The number of aliphatic hydroxyl groups is 2. The first-order valence-electron chi connectivity index (χ1n) is 6.38. The summed E-state index contributed by atoms with van der Waals surface area (Å²) in [6.45, 7) is 7.90. The van der Waals surface area contributed by atoms with Crippen molar-refractivity contribution in [3.63, 3.8) is 0 Å². The molecule has 19 heavy (non-hydrogen) atoms. The van der Waals surface area contributed by atoms with E-state index < -0.39 is 17.1 Å². The van der Waals surface area contributed by atoms with E-state index in [-0.39, 0.29) is 12.5 Å². The average Bonchev–Trinajstić information content (AvgIpc) is 2.84. The van der Waals surface area contributed by atoms with Gasteiger partial charge in [0.15, 0.2) is 0 Å².